The van der Waals surface area contributed by atoms with Crippen LogP contribution < -0.4 is 0 Å². The normalized spacial score (nSPS) is 17.5. The van der Waals surface area contributed by atoms with Crippen LogP contribution in [0.25, 0.3) is 0 Å². The predicted molar refractivity (Wildman–Crippen MR) is 60.2 cm³/mol. The Morgan fingerprint density at radius 1 is 1.47 bits per heavy atom. The van der Waals surface area contributed by atoms with Crippen molar-refractivity contribution in [3.8, 4) is 0 Å². The van der Waals surface area contributed by atoms with Crippen molar-refractivity contribution in [3.63, 3.8) is 0 Å². The lowest BCUT2D eigenvalue weighted by molar-refractivity contribution is -0.0199. The number of carbonyl (C=O) groups is 1. The summed E-state index contributed by atoms with van der Waals surface area (Å²) in [5, 5.41) is 0. The zero-order valence-corrected chi connectivity index (χ0v) is 10.7. The van der Waals surface area contributed by atoms with Crippen molar-refractivity contribution in [2.24, 2.45) is 0 Å². The molecule has 6 heteroatoms. The number of carbonyl (C=O) groups excluding carboxylic acids is 1. The molecular weight excluding hydrogens is 230 g/mol. The van der Waals surface area contributed by atoms with Gasteiger partial charge in [0.15, 0.2) is 0 Å². The topological polar surface area (TPSA) is 32.8 Å². The summed E-state index contributed by atoms with van der Waals surface area (Å²) in [5.41, 5.74) is -0.517. The molecule has 0 spiro atoms. The first-order valence-corrected chi connectivity index (χ1v) is 5.65. The minimum absolute atomic E-state index is 0.0107. The van der Waals surface area contributed by atoms with E-state index in [0.29, 0.717) is 13.1 Å². The van der Waals surface area contributed by atoms with Gasteiger partial charge in [0.05, 0.1) is 6.54 Å². The van der Waals surface area contributed by atoms with Gasteiger partial charge < -0.3 is 9.64 Å². The molecule has 0 N–H and O–H groups in total. The number of nitrogens with zero attached hydrogens (tertiary/aromatic N) is 2. The maximum Gasteiger partial charge on any atom is 0.410 e. The van der Waals surface area contributed by atoms with Gasteiger partial charge in [-0.2, -0.15) is 0 Å². The number of alkyl halides is 2. The van der Waals surface area contributed by atoms with E-state index < -0.39 is 12.0 Å². The molecule has 4 nitrogen and oxygen atoms in total. The van der Waals surface area contributed by atoms with E-state index in [-0.39, 0.29) is 18.7 Å². The Morgan fingerprint density at radius 3 is 2.41 bits per heavy atom. The Balaban J connectivity index is 2.29. The Labute approximate surface area is 101 Å². The summed E-state index contributed by atoms with van der Waals surface area (Å²) >= 11 is 0. The lowest BCUT2D eigenvalue weighted by Crippen LogP contribution is -2.61. The van der Waals surface area contributed by atoms with Crippen molar-refractivity contribution in [2.75, 3.05) is 26.7 Å². The van der Waals surface area contributed by atoms with E-state index in [2.05, 4.69) is 0 Å². The third-order valence-corrected chi connectivity index (χ3v) is 2.56. The van der Waals surface area contributed by atoms with Gasteiger partial charge in [0.25, 0.3) is 6.43 Å². The molecule has 0 aromatic rings. The summed E-state index contributed by atoms with van der Waals surface area (Å²) < 4.78 is 29.4. The number of likely N-dealkylation sites (tertiary alicyclic amines) is 1. The van der Waals surface area contributed by atoms with E-state index in [9.17, 15) is 13.6 Å². The summed E-state index contributed by atoms with van der Waals surface area (Å²) in [4.78, 5) is 14.7. The van der Waals surface area contributed by atoms with Gasteiger partial charge >= 0.3 is 6.09 Å². The number of likely N-dealkylation sites (N-methyl/N-ethyl adjacent to an activating group) is 1. The quantitative estimate of drug-likeness (QED) is 0.765. The third-order valence-electron chi connectivity index (χ3n) is 2.56. The van der Waals surface area contributed by atoms with Crippen LogP contribution in [0.5, 0.6) is 0 Å². The first-order valence-electron chi connectivity index (χ1n) is 5.65. The molecule has 17 heavy (non-hydrogen) atoms. The molecular formula is C11H20F2N2O2. The van der Waals surface area contributed by atoms with E-state index in [4.69, 9.17) is 4.74 Å². The number of amides is 1. The van der Waals surface area contributed by atoms with Gasteiger partial charge in [0, 0.05) is 19.1 Å². The van der Waals surface area contributed by atoms with E-state index in [1.165, 1.54) is 4.90 Å². The lowest BCUT2D eigenvalue weighted by Gasteiger charge is -2.43. The largest absolute Gasteiger partial charge is 0.444 e. The number of hydrogen-bond acceptors (Lipinski definition) is 3. The number of halogens is 2. The van der Waals surface area contributed by atoms with Gasteiger partial charge in [-0.3, -0.25) is 4.90 Å². The molecule has 1 rings (SSSR count). The summed E-state index contributed by atoms with van der Waals surface area (Å²) in [6, 6.07) is 0.0107. The van der Waals surface area contributed by atoms with Crippen molar-refractivity contribution >= 4 is 6.09 Å². The maximum absolute atomic E-state index is 12.1. The maximum atomic E-state index is 12.1. The van der Waals surface area contributed by atoms with E-state index in [1.54, 1.807) is 32.7 Å². The average Bonchev–Trinajstić information content (AvgIpc) is 1.94. The molecule has 0 unspecified atom stereocenters. The van der Waals surface area contributed by atoms with Crippen LogP contribution in [-0.4, -0.2) is 60.6 Å². The Bertz CT molecular complexity index is 273. The zero-order chi connectivity index (χ0) is 13.2. The van der Waals surface area contributed by atoms with Gasteiger partial charge in [-0.1, -0.05) is 0 Å². The molecule has 0 aliphatic carbocycles. The van der Waals surface area contributed by atoms with Crippen molar-refractivity contribution in [3.05, 3.63) is 0 Å². The molecule has 1 heterocycles. The fourth-order valence-electron chi connectivity index (χ4n) is 1.58. The molecule has 1 aliphatic heterocycles. The molecule has 1 aliphatic rings. The number of rotatable bonds is 3. The lowest BCUT2D eigenvalue weighted by atomic mass is 10.1. The van der Waals surface area contributed by atoms with Crippen molar-refractivity contribution in [2.45, 2.75) is 38.8 Å². The van der Waals surface area contributed by atoms with Gasteiger partial charge in [0.1, 0.15) is 5.60 Å². The molecule has 100 valence electrons. The molecule has 1 amide bonds. The second-order valence-corrected chi connectivity index (χ2v) is 5.37. The highest BCUT2D eigenvalue weighted by molar-refractivity contribution is 5.69. The highest BCUT2D eigenvalue weighted by atomic mass is 19.3. The molecule has 0 bridgehead atoms. The monoisotopic (exact) mass is 250 g/mol. The van der Waals surface area contributed by atoms with E-state index >= 15 is 0 Å². The fourth-order valence-corrected chi connectivity index (χ4v) is 1.58. The van der Waals surface area contributed by atoms with Crippen LogP contribution in [0.2, 0.25) is 0 Å². The second kappa shape index (κ2) is 5.16. The van der Waals surface area contributed by atoms with Crippen LogP contribution in [-0.2, 0) is 4.74 Å². The minimum Gasteiger partial charge on any atom is -0.444 e. The third kappa shape index (κ3) is 4.46. The van der Waals surface area contributed by atoms with Gasteiger partial charge in [-0.05, 0) is 27.8 Å². The summed E-state index contributed by atoms with van der Waals surface area (Å²) in [7, 11) is 1.64. The van der Waals surface area contributed by atoms with E-state index in [0.717, 1.165) is 0 Å². The average molecular weight is 250 g/mol. The summed E-state index contributed by atoms with van der Waals surface area (Å²) in [6.45, 7) is 6.05. The Morgan fingerprint density at radius 2 is 2.00 bits per heavy atom. The smallest absolute Gasteiger partial charge is 0.410 e. The molecule has 0 aromatic carbocycles. The van der Waals surface area contributed by atoms with Gasteiger partial charge in [-0.15, -0.1) is 0 Å². The molecule has 1 fully saturated rings. The number of ether oxygens (including phenoxy) is 1. The molecule has 0 atom stereocenters. The van der Waals surface area contributed by atoms with Crippen LogP contribution in [0.4, 0.5) is 13.6 Å². The van der Waals surface area contributed by atoms with Gasteiger partial charge in [0.2, 0.25) is 0 Å². The Hall–Kier alpha value is -0.910. The SMILES string of the molecule is CN(CC(F)F)C1CN(C(=O)OC(C)(C)C)C1. The fraction of sp³-hybridized carbons (Fsp3) is 0.909. The summed E-state index contributed by atoms with van der Waals surface area (Å²) in [5.74, 6) is 0. The van der Waals surface area contributed by atoms with Crippen LogP contribution in [0.15, 0.2) is 0 Å². The van der Waals surface area contributed by atoms with Crippen LogP contribution in [0, 0.1) is 0 Å². The minimum atomic E-state index is -2.34. The highest BCUT2D eigenvalue weighted by Crippen LogP contribution is 2.18. The van der Waals surface area contributed by atoms with Crippen molar-refractivity contribution in [1.82, 2.24) is 9.80 Å². The standard InChI is InChI=1S/C11H20F2N2O2/c1-11(2,3)17-10(16)15-5-8(6-15)14(4)7-9(12)13/h8-9H,5-7H2,1-4H3. The van der Waals surface area contributed by atoms with Crippen LogP contribution >= 0.6 is 0 Å². The zero-order valence-electron chi connectivity index (χ0n) is 10.7. The first kappa shape index (κ1) is 14.2. The summed E-state index contributed by atoms with van der Waals surface area (Å²) in [6.07, 6.45) is -2.71. The number of hydrogen-bond donors (Lipinski definition) is 0. The molecule has 0 saturated carbocycles. The van der Waals surface area contributed by atoms with Crippen molar-refractivity contribution in [1.29, 1.82) is 0 Å². The molecule has 0 aromatic heterocycles. The predicted octanol–water partition coefficient (Wildman–Crippen LogP) is 1.80. The van der Waals surface area contributed by atoms with Gasteiger partial charge in [-0.25, -0.2) is 13.6 Å². The first-order chi connectivity index (χ1) is 7.69. The molecule has 1 saturated heterocycles. The highest BCUT2D eigenvalue weighted by Gasteiger charge is 2.36. The second-order valence-electron chi connectivity index (χ2n) is 5.37. The van der Waals surface area contributed by atoms with Crippen LogP contribution in [0.3, 0.4) is 0 Å². The Kier molecular flexibility index (Phi) is 4.30. The van der Waals surface area contributed by atoms with E-state index in [1.807, 2.05) is 0 Å². The van der Waals surface area contributed by atoms with Crippen LogP contribution in [0.1, 0.15) is 20.8 Å². The van der Waals surface area contributed by atoms with Crippen molar-refractivity contribution < 1.29 is 18.3 Å². The molecule has 0 radical (unpaired) electrons.